The zero-order chi connectivity index (χ0) is 15.6. The van der Waals surface area contributed by atoms with Gasteiger partial charge in [0.1, 0.15) is 0 Å². The average Bonchev–Trinajstić information content (AvgIpc) is 3.22. The van der Waals surface area contributed by atoms with E-state index in [1.165, 1.54) is 11.8 Å². The second kappa shape index (κ2) is 6.41. The number of aryl methyl sites for hydroxylation is 1. The van der Waals surface area contributed by atoms with E-state index in [0.717, 1.165) is 48.6 Å². The standard InChI is InChI=1S/C16H18N4O2S/c21-15-13-6-2-1-4-11(13)5-3-7-14(15)23-16-17-18-19-20(16)12-8-9-22-10-12/h1-2,4,6,12,14H,3,5,7-10H2. The van der Waals surface area contributed by atoms with Crippen LogP contribution in [-0.2, 0) is 11.2 Å². The lowest BCUT2D eigenvalue weighted by Gasteiger charge is -2.14. The van der Waals surface area contributed by atoms with Crippen molar-refractivity contribution in [3.05, 3.63) is 35.4 Å². The number of thioether (sulfide) groups is 1. The SMILES string of the molecule is O=C1c2ccccc2CCCC1Sc1nnnn1C1CCOC1. The Hall–Kier alpha value is -1.73. The highest BCUT2D eigenvalue weighted by Crippen LogP contribution is 2.33. The third kappa shape index (κ3) is 2.90. The van der Waals surface area contributed by atoms with E-state index in [9.17, 15) is 4.79 Å². The number of rotatable bonds is 3. The van der Waals surface area contributed by atoms with Crippen LogP contribution < -0.4 is 0 Å². The van der Waals surface area contributed by atoms with E-state index >= 15 is 0 Å². The minimum absolute atomic E-state index is 0.120. The number of carbonyl (C=O) groups is 1. The van der Waals surface area contributed by atoms with E-state index in [-0.39, 0.29) is 17.1 Å². The number of benzene rings is 1. The number of carbonyl (C=O) groups excluding carboxylic acids is 1. The van der Waals surface area contributed by atoms with Crippen molar-refractivity contribution >= 4 is 17.5 Å². The summed E-state index contributed by atoms with van der Waals surface area (Å²) < 4.78 is 7.24. The molecule has 2 aromatic rings. The van der Waals surface area contributed by atoms with Gasteiger partial charge in [-0.3, -0.25) is 4.79 Å². The molecule has 2 unspecified atom stereocenters. The molecule has 1 aromatic carbocycles. The summed E-state index contributed by atoms with van der Waals surface area (Å²) in [5.41, 5.74) is 2.01. The molecule has 1 aliphatic heterocycles. The third-order valence-corrected chi connectivity index (χ3v) is 5.66. The lowest BCUT2D eigenvalue weighted by Crippen LogP contribution is -2.19. The van der Waals surface area contributed by atoms with Crippen LogP contribution in [0.1, 0.15) is 41.2 Å². The zero-order valence-electron chi connectivity index (χ0n) is 12.7. The smallest absolute Gasteiger partial charge is 0.210 e. The minimum atomic E-state index is -0.120. The van der Waals surface area contributed by atoms with Crippen LogP contribution in [0.3, 0.4) is 0 Å². The minimum Gasteiger partial charge on any atom is -0.379 e. The number of hydrogen-bond acceptors (Lipinski definition) is 6. The molecule has 1 aromatic heterocycles. The van der Waals surface area contributed by atoms with Gasteiger partial charge in [-0.05, 0) is 41.7 Å². The molecule has 6 nitrogen and oxygen atoms in total. The largest absolute Gasteiger partial charge is 0.379 e. The van der Waals surface area contributed by atoms with Crippen molar-refractivity contribution in [1.82, 2.24) is 20.2 Å². The van der Waals surface area contributed by atoms with Crippen LogP contribution in [0.5, 0.6) is 0 Å². The summed E-state index contributed by atoms with van der Waals surface area (Å²) in [6.07, 6.45) is 3.74. The predicted octanol–water partition coefficient (Wildman–Crippen LogP) is 2.31. The van der Waals surface area contributed by atoms with E-state index in [1.54, 1.807) is 0 Å². The van der Waals surface area contributed by atoms with Gasteiger partial charge in [0.2, 0.25) is 5.16 Å². The molecule has 0 N–H and O–H groups in total. The van der Waals surface area contributed by atoms with Crippen LogP contribution in [0.2, 0.25) is 0 Å². The Kier molecular flexibility index (Phi) is 4.13. The summed E-state index contributed by atoms with van der Waals surface area (Å²) >= 11 is 1.49. The summed E-state index contributed by atoms with van der Waals surface area (Å²) in [5.74, 6) is 0.195. The summed E-state index contributed by atoms with van der Waals surface area (Å²) in [7, 11) is 0. The van der Waals surface area contributed by atoms with E-state index < -0.39 is 0 Å². The van der Waals surface area contributed by atoms with Crippen LogP contribution >= 0.6 is 11.8 Å². The number of ketones is 1. The highest BCUT2D eigenvalue weighted by atomic mass is 32.2. The summed E-state index contributed by atoms with van der Waals surface area (Å²) in [4.78, 5) is 12.9. The van der Waals surface area contributed by atoms with Gasteiger partial charge < -0.3 is 4.74 Å². The number of tetrazole rings is 1. The molecule has 2 aliphatic rings. The third-order valence-electron chi connectivity index (χ3n) is 4.45. The zero-order valence-corrected chi connectivity index (χ0v) is 13.5. The predicted molar refractivity (Wildman–Crippen MR) is 85.6 cm³/mol. The Morgan fingerprint density at radius 1 is 1.26 bits per heavy atom. The molecular weight excluding hydrogens is 312 g/mol. The molecule has 0 radical (unpaired) electrons. The topological polar surface area (TPSA) is 69.9 Å². The lowest BCUT2D eigenvalue weighted by atomic mass is 10.0. The van der Waals surface area contributed by atoms with Gasteiger partial charge in [-0.1, -0.05) is 36.0 Å². The molecular formula is C16H18N4O2S. The summed E-state index contributed by atoms with van der Waals surface area (Å²) in [6, 6.07) is 8.11. The Morgan fingerprint density at radius 2 is 2.17 bits per heavy atom. The maximum absolute atomic E-state index is 12.9. The normalized spacial score (nSPS) is 24.4. The van der Waals surface area contributed by atoms with Crippen LogP contribution in [-0.4, -0.2) is 44.5 Å². The first-order valence-electron chi connectivity index (χ1n) is 7.97. The average molecular weight is 330 g/mol. The summed E-state index contributed by atoms with van der Waals surface area (Å²) in [6.45, 7) is 1.38. The van der Waals surface area contributed by atoms with E-state index in [4.69, 9.17) is 4.74 Å². The second-order valence-corrected chi connectivity index (χ2v) is 7.11. The number of fused-ring (bicyclic) bond motifs is 1. The number of ether oxygens (including phenoxy) is 1. The Labute approximate surface area is 138 Å². The van der Waals surface area contributed by atoms with E-state index in [0.29, 0.717) is 6.61 Å². The van der Waals surface area contributed by atoms with Gasteiger partial charge in [-0.25, -0.2) is 4.68 Å². The Balaban J connectivity index is 1.57. The highest BCUT2D eigenvalue weighted by molar-refractivity contribution is 8.00. The molecule has 0 bridgehead atoms. The Bertz CT molecular complexity index is 712. The molecule has 2 heterocycles. The first-order chi connectivity index (χ1) is 11.3. The van der Waals surface area contributed by atoms with Crippen molar-refractivity contribution in [2.24, 2.45) is 0 Å². The van der Waals surface area contributed by atoms with Gasteiger partial charge in [0.05, 0.1) is 17.9 Å². The van der Waals surface area contributed by atoms with Crippen molar-refractivity contribution < 1.29 is 9.53 Å². The molecule has 1 aliphatic carbocycles. The van der Waals surface area contributed by atoms with Crippen molar-refractivity contribution in [2.45, 2.75) is 42.1 Å². The lowest BCUT2D eigenvalue weighted by molar-refractivity contribution is 0.0988. The van der Waals surface area contributed by atoms with E-state index in [2.05, 4.69) is 21.6 Å². The fourth-order valence-corrected chi connectivity index (χ4v) is 4.36. The molecule has 4 rings (SSSR count). The Morgan fingerprint density at radius 3 is 3.04 bits per heavy atom. The monoisotopic (exact) mass is 330 g/mol. The van der Waals surface area contributed by atoms with Gasteiger partial charge in [0.15, 0.2) is 5.78 Å². The number of nitrogens with zero attached hydrogens (tertiary/aromatic N) is 4. The number of aromatic nitrogens is 4. The fraction of sp³-hybridized carbons (Fsp3) is 0.500. The van der Waals surface area contributed by atoms with Gasteiger partial charge in [0, 0.05) is 12.2 Å². The van der Waals surface area contributed by atoms with Gasteiger partial charge in [-0.2, -0.15) is 0 Å². The maximum atomic E-state index is 12.9. The van der Waals surface area contributed by atoms with Crippen molar-refractivity contribution in [2.75, 3.05) is 13.2 Å². The molecule has 1 saturated heterocycles. The van der Waals surface area contributed by atoms with Crippen molar-refractivity contribution in [3.63, 3.8) is 0 Å². The number of Topliss-reactive ketones (excluding diaryl/α,β-unsaturated/α-hetero) is 1. The quantitative estimate of drug-likeness (QED) is 0.805. The molecule has 0 saturated carbocycles. The van der Waals surface area contributed by atoms with Gasteiger partial charge in [0.25, 0.3) is 0 Å². The molecule has 1 fully saturated rings. The molecule has 2 atom stereocenters. The van der Waals surface area contributed by atoms with Crippen LogP contribution in [0.15, 0.2) is 29.4 Å². The van der Waals surface area contributed by atoms with Crippen LogP contribution in [0.25, 0.3) is 0 Å². The molecule has 0 spiro atoms. The van der Waals surface area contributed by atoms with Gasteiger partial charge >= 0.3 is 0 Å². The fourth-order valence-electron chi connectivity index (χ4n) is 3.21. The van der Waals surface area contributed by atoms with Crippen molar-refractivity contribution in [3.8, 4) is 0 Å². The molecule has 23 heavy (non-hydrogen) atoms. The highest BCUT2D eigenvalue weighted by Gasteiger charge is 2.30. The molecule has 120 valence electrons. The van der Waals surface area contributed by atoms with Crippen LogP contribution in [0.4, 0.5) is 0 Å². The van der Waals surface area contributed by atoms with Crippen LogP contribution in [0, 0.1) is 0 Å². The maximum Gasteiger partial charge on any atom is 0.210 e. The second-order valence-electron chi connectivity index (χ2n) is 5.94. The first-order valence-corrected chi connectivity index (χ1v) is 8.85. The van der Waals surface area contributed by atoms with Gasteiger partial charge in [-0.15, -0.1) is 5.10 Å². The molecule has 0 amide bonds. The van der Waals surface area contributed by atoms with Crippen molar-refractivity contribution in [1.29, 1.82) is 0 Å². The molecule has 7 heteroatoms. The summed E-state index contributed by atoms with van der Waals surface area (Å²) in [5, 5.41) is 12.6. The first kappa shape index (κ1) is 14.8. The number of hydrogen-bond donors (Lipinski definition) is 0. The van der Waals surface area contributed by atoms with E-state index in [1.807, 2.05) is 22.9 Å².